The molecule has 0 amide bonds. The molecule has 0 unspecified atom stereocenters. The molecule has 3 aromatic rings. The Morgan fingerprint density at radius 3 is 2.62 bits per heavy atom. The number of carboxylic acid groups (broad SMARTS) is 1. The number of fused-ring (bicyclic) bond motifs is 3. The van der Waals surface area contributed by atoms with Gasteiger partial charge in [-0.1, -0.05) is 0 Å². The maximum absolute atomic E-state index is 14.5. The molecule has 3 atom stereocenters. The third-order valence-electron chi connectivity index (χ3n) is 7.04. The third-order valence-corrected chi connectivity index (χ3v) is 8.07. The zero-order valence-electron chi connectivity index (χ0n) is 21.1. The summed E-state index contributed by atoms with van der Waals surface area (Å²) < 4.78 is 89.6. The van der Waals surface area contributed by atoms with Crippen molar-refractivity contribution in [3.63, 3.8) is 0 Å². The van der Waals surface area contributed by atoms with Crippen LogP contribution in [0.5, 0.6) is 11.6 Å². The number of ether oxygens (including phenoxy) is 2. The molecule has 1 saturated carbocycles. The van der Waals surface area contributed by atoms with E-state index in [1.54, 1.807) is 12.3 Å². The number of halogens is 4. The van der Waals surface area contributed by atoms with Gasteiger partial charge in [0, 0.05) is 30.0 Å². The molecule has 0 bridgehead atoms. The molecule has 2 aliphatic carbocycles. The molecule has 212 valence electrons. The first kappa shape index (κ1) is 27.8. The number of rotatable bonds is 10. The van der Waals surface area contributed by atoms with Crippen LogP contribution < -0.4 is 9.47 Å². The average Bonchev–Trinajstić information content (AvgIpc) is 3.47. The van der Waals surface area contributed by atoms with Crippen molar-refractivity contribution in [2.24, 2.45) is 11.8 Å². The maximum Gasteiger partial charge on any atom is 0.417 e. The predicted molar refractivity (Wildman–Crippen MR) is 134 cm³/mol. The number of hydrogen-bond acceptors (Lipinski definition) is 7. The average molecular weight is 581 g/mol. The lowest BCUT2D eigenvalue weighted by Crippen LogP contribution is -2.11. The summed E-state index contributed by atoms with van der Waals surface area (Å²) >= 11 is 0. The van der Waals surface area contributed by atoms with E-state index in [1.807, 2.05) is 0 Å². The minimum absolute atomic E-state index is 0.0347. The largest absolute Gasteiger partial charge is 0.494 e. The molecule has 2 aromatic heterocycles. The number of carbonyl (C=O) groups is 1. The molecule has 2 aliphatic rings. The van der Waals surface area contributed by atoms with Crippen LogP contribution in [0.15, 0.2) is 42.6 Å². The fraction of sp³-hybridized carbons (Fsp3) is 0.370. The number of carboxylic acids is 1. The summed E-state index contributed by atoms with van der Waals surface area (Å²) in [6.45, 7) is -0.475. The van der Waals surface area contributed by atoms with Crippen molar-refractivity contribution in [2.45, 2.75) is 31.5 Å². The highest BCUT2D eigenvalue weighted by Crippen LogP contribution is 2.61. The lowest BCUT2D eigenvalue weighted by atomic mass is 10.0. The van der Waals surface area contributed by atoms with E-state index < -0.39 is 39.3 Å². The van der Waals surface area contributed by atoms with E-state index >= 15 is 0 Å². The molecule has 0 spiro atoms. The van der Waals surface area contributed by atoms with Gasteiger partial charge in [0.1, 0.15) is 33.7 Å². The smallest absolute Gasteiger partial charge is 0.417 e. The first-order valence-electron chi connectivity index (χ1n) is 12.3. The predicted octanol–water partition coefficient (Wildman–Crippen LogP) is 4.66. The van der Waals surface area contributed by atoms with E-state index in [9.17, 15) is 35.9 Å². The molecule has 8 nitrogen and oxygen atoms in total. The fourth-order valence-electron chi connectivity index (χ4n) is 5.14. The van der Waals surface area contributed by atoms with Gasteiger partial charge in [-0.05, 0) is 60.2 Å². The van der Waals surface area contributed by atoms with Crippen LogP contribution in [-0.4, -0.2) is 48.1 Å². The topological polar surface area (TPSA) is 116 Å². The number of alkyl halides is 3. The molecule has 0 aliphatic heterocycles. The number of sulfone groups is 1. The van der Waals surface area contributed by atoms with Gasteiger partial charge in [0.25, 0.3) is 0 Å². The summed E-state index contributed by atoms with van der Waals surface area (Å²) in [5, 5.41) is 9.25. The van der Waals surface area contributed by atoms with Crippen LogP contribution in [-0.2, 0) is 33.8 Å². The highest BCUT2D eigenvalue weighted by atomic mass is 32.2. The Morgan fingerprint density at radius 1 is 1.15 bits per heavy atom. The summed E-state index contributed by atoms with van der Waals surface area (Å²) in [5.74, 6) is -2.10. The summed E-state index contributed by atoms with van der Waals surface area (Å²) in [6, 6.07) is 7.07. The molecule has 1 N–H and O–H groups in total. The van der Waals surface area contributed by atoms with Gasteiger partial charge in [-0.15, -0.1) is 0 Å². The van der Waals surface area contributed by atoms with Crippen molar-refractivity contribution >= 4 is 15.8 Å². The van der Waals surface area contributed by atoms with Crippen LogP contribution in [0.4, 0.5) is 17.6 Å². The van der Waals surface area contributed by atoms with E-state index in [1.165, 1.54) is 6.07 Å². The monoisotopic (exact) mass is 580 g/mol. The van der Waals surface area contributed by atoms with Gasteiger partial charge in [-0.2, -0.15) is 13.2 Å². The number of pyridine rings is 2. The standard InChI is InChI=1S/C27H24F4N2O6S/c1-40(36,37)8-2-7-38-15-3-4-16(19(11-15)27(29,30)31)21-6-5-20(28)22(33-21)13-39-23-10-14-9-17-24(18(14)12-32-23)25(17)26(34)35/h3-6,10-12,17,24-25H,2,7-9,13H2,1H3,(H,34,35)/t17-,24-,25+/m1/s1. The summed E-state index contributed by atoms with van der Waals surface area (Å²) in [5.41, 5.74) is 0.0878. The Hall–Kier alpha value is -3.74. The summed E-state index contributed by atoms with van der Waals surface area (Å²) in [4.78, 5) is 19.5. The minimum atomic E-state index is -4.77. The van der Waals surface area contributed by atoms with Gasteiger partial charge in [0.15, 0.2) is 0 Å². The van der Waals surface area contributed by atoms with Crippen molar-refractivity contribution in [1.82, 2.24) is 9.97 Å². The molecular weight excluding hydrogens is 556 g/mol. The van der Waals surface area contributed by atoms with Gasteiger partial charge in [0.2, 0.25) is 5.88 Å². The second-order valence-electron chi connectivity index (χ2n) is 9.93. The maximum atomic E-state index is 14.5. The Balaban J connectivity index is 1.31. The van der Waals surface area contributed by atoms with Crippen LogP contribution in [0.25, 0.3) is 11.3 Å². The molecule has 1 fully saturated rings. The normalized spacial score (nSPS) is 19.6. The van der Waals surface area contributed by atoms with Crippen LogP contribution in [0, 0.1) is 17.7 Å². The van der Waals surface area contributed by atoms with Crippen LogP contribution in [0.1, 0.15) is 34.7 Å². The molecule has 0 radical (unpaired) electrons. The highest BCUT2D eigenvalue weighted by Gasteiger charge is 2.59. The Bertz CT molecular complexity index is 1580. The Kier molecular flexibility index (Phi) is 7.19. The van der Waals surface area contributed by atoms with Crippen molar-refractivity contribution in [2.75, 3.05) is 18.6 Å². The van der Waals surface area contributed by atoms with Crippen LogP contribution in [0.3, 0.4) is 0 Å². The lowest BCUT2D eigenvalue weighted by Gasteiger charge is -2.16. The van der Waals surface area contributed by atoms with E-state index in [4.69, 9.17) is 9.47 Å². The van der Waals surface area contributed by atoms with E-state index in [0.717, 1.165) is 41.6 Å². The molecule has 2 heterocycles. The van der Waals surface area contributed by atoms with E-state index in [2.05, 4.69) is 9.97 Å². The second kappa shape index (κ2) is 10.3. The van der Waals surface area contributed by atoms with Crippen molar-refractivity contribution < 1.29 is 45.4 Å². The van der Waals surface area contributed by atoms with Gasteiger partial charge in [-0.3, -0.25) is 4.79 Å². The number of nitrogens with zero attached hydrogens (tertiary/aromatic N) is 2. The Labute approximate surface area is 226 Å². The van der Waals surface area contributed by atoms with E-state index in [0.29, 0.717) is 6.42 Å². The first-order valence-corrected chi connectivity index (χ1v) is 14.4. The van der Waals surface area contributed by atoms with Gasteiger partial charge in [0.05, 0.1) is 29.5 Å². The minimum Gasteiger partial charge on any atom is -0.494 e. The molecule has 0 saturated heterocycles. The van der Waals surface area contributed by atoms with E-state index in [-0.39, 0.29) is 65.8 Å². The van der Waals surface area contributed by atoms with Crippen molar-refractivity contribution in [1.29, 1.82) is 0 Å². The Morgan fingerprint density at radius 2 is 1.93 bits per heavy atom. The second-order valence-corrected chi connectivity index (χ2v) is 12.2. The fourth-order valence-corrected chi connectivity index (χ4v) is 5.79. The lowest BCUT2D eigenvalue weighted by molar-refractivity contribution is -0.139. The molecule has 13 heteroatoms. The highest BCUT2D eigenvalue weighted by molar-refractivity contribution is 7.90. The summed E-state index contributed by atoms with van der Waals surface area (Å²) in [6.07, 6.45) is -1.47. The first-order chi connectivity index (χ1) is 18.8. The van der Waals surface area contributed by atoms with Gasteiger partial charge in [-0.25, -0.2) is 22.8 Å². The van der Waals surface area contributed by atoms with Crippen LogP contribution in [0.2, 0.25) is 0 Å². The zero-order chi connectivity index (χ0) is 28.8. The van der Waals surface area contributed by atoms with Crippen molar-refractivity contribution in [3.8, 4) is 22.9 Å². The van der Waals surface area contributed by atoms with Crippen LogP contribution >= 0.6 is 0 Å². The van der Waals surface area contributed by atoms with Crippen molar-refractivity contribution in [3.05, 3.63) is 70.8 Å². The SMILES string of the molecule is CS(=O)(=O)CCCOc1ccc(-c2ccc(F)c(COc3cc4c(cn3)[C@H]3[C@@H](C4)[C@@H]3C(=O)O)n2)c(C(F)(F)F)c1. The van der Waals surface area contributed by atoms with Gasteiger partial charge < -0.3 is 14.6 Å². The quantitative estimate of drug-likeness (QED) is 0.272. The third kappa shape index (κ3) is 5.88. The summed E-state index contributed by atoms with van der Waals surface area (Å²) in [7, 11) is -3.22. The molecule has 5 rings (SSSR count). The van der Waals surface area contributed by atoms with Gasteiger partial charge >= 0.3 is 12.1 Å². The molecule has 1 aromatic carbocycles. The number of aromatic nitrogens is 2. The number of aliphatic carboxylic acids is 1. The zero-order valence-corrected chi connectivity index (χ0v) is 21.9. The molecular formula is C27H24F4N2O6S. The number of benzene rings is 1. The molecule has 40 heavy (non-hydrogen) atoms. The number of hydrogen-bond donors (Lipinski definition) is 1.